The second-order valence-electron chi connectivity index (χ2n) is 7.31. The first-order valence-electron chi connectivity index (χ1n) is 10.0. The molecule has 1 amide bonds. The van der Waals surface area contributed by atoms with Crippen LogP contribution in [0.25, 0.3) is 11.0 Å². The molecule has 2 aromatic carbocycles. The fourth-order valence-corrected chi connectivity index (χ4v) is 4.02. The van der Waals surface area contributed by atoms with E-state index in [-0.39, 0.29) is 44.6 Å². The van der Waals surface area contributed by atoms with Crippen molar-refractivity contribution in [3.05, 3.63) is 75.8 Å². The Morgan fingerprint density at radius 1 is 1.03 bits per heavy atom. The molecule has 4 aromatic rings. The number of anilines is 1. The van der Waals surface area contributed by atoms with Crippen LogP contribution < -0.4 is 14.8 Å². The molecular formula is C23H17Cl2F3N4O3. The summed E-state index contributed by atoms with van der Waals surface area (Å²) in [6.45, 7) is -0.223. The van der Waals surface area contributed by atoms with Crippen molar-refractivity contribution in [2.45, 2.75) is 12.7 Å². The van der Waals surface area contributed by atoms with E-state index in [9.17, 15) is 18.0 Å². The lowest BCUT2D eigenvalue weighted by Gasteiger charge is -2.15. The number of aromatic nitrogens is 3. The van der Waals surface area contributed by atoms with Crippen molar-refractivity contribution in [3.63, 3.8) is 0 Å². The van der Waals surface area contributed by atoms with Gasteiger partial charge in [-0.2, -0.15) is 13.2 Å². The molecule has 0 saturated heterocycles. The number of halogens is 5. The predicted molar refractivity (Wildman–Crippen MR) is 126 cm³/mol. The van der Waals surface area contributed by atoms with Crippen LogP contribution in [0.15, 0.2) is 48.8 Å². The zero-order valence-corrected chi connectivity index (χ0v) is 19.8. The van der Waals surface area contributed by atoms with Crippen LogP contribution in [-0.4, -0.2) is 34.7 Å². The van der Waals surface area contributed by atoms with E-state index in [0.717, 1.165) is 4.57 Å². The number of amides is 1. The number of imidazole rings is 1. The van der Waals surface area contributed by atoms with E-state index in [2.05, 4.69) is 15.3 Å². The Labute approximate surface area is 207 Å². The van der Waals surface area contributed by atoms with Gasteiger partial charge in [0.05, 0.1) is 41.0 Å². The van der Waals surface area contributed by atoms with Crippen LogP contribution >= 0.6 is 23.2 Å². The van der Waals surface area contributed by atoms with Crippen LogP contribution in [0.5, 0.6) is 11.5 Å². The highest BCUT2D eigenvalue weighted by Gasteiger charge is 2.39. The maximum Gasteiger partial charge on any atom is 0.449 e. The Bertz CT molecular complexity index is 1390. The molecule has 182 valence electrons. The maximum absolute atomic E-state index is 14.0. The first kappa shape index (κ1) is 24.6. The molecule has 0 bridgehead atoms. The van der Waals surface area contributed by atoms with Gasteiger partial charge in [-0.15, -0.1) is 0 Å². The number of hydrogen-bond acceptors (Lipinski definition) is 5. The molecule has 2 heterocycles. The summed E-state index contributed by atoms with van der Waals surface area (Å²) < 4.78 is 53.4. The van der Waals surface area contributed by atoms with Gasteiger partial charge in [-0.3, -0.25) is 9.78 Å². The lowest BCUT2D eigenvalue weighted by molar-refractivity contribution is -0.146. The second kappa shape index (κ2) is 9.63. The van der Waals surface area contributed by atoms with Crippen LogP contribution in [0, 0.1) is 0 Å². The number of rotatable bonds is 6. The number of nitrogens with zero attached hydrogens (tertiary/aromatic N) is 3. The normalized spacial score (nSPS) is 11.5. The van der Waals surface area contributed by atoms with Gasteiger partial charge in [0, 0.05) is 18.9 Å². The first-order valence-corrected chi connectivity index (χ1v) is 10.8. The van der Waals surface area contributed by atoms with Gasteiger partial charge in [0.25, 0.3) is 5.91 Å². The summed E-state index contributed by atoms with van der Waals surface area (Å²) in [5.41, 5.74) is 0.347. The Kier molecular flexibility index (Phi) is 6.77. The molecule has 0 unspecified atom stereocenters. The van der Waals surface area contributed by atoms with E-state index < -0.39 is 17.9 Å². The van der Waals surface area contributed by atoms with E-state index in [0.29, 0.717) is 11.3 Å². The topological polar surface area (TPSA) is 78.3 Å². The molecular weight excluding hydrogens is 508 g/mol. The molecule has 0 aliphatic rings. The molecule has 0 aliphatic carbocycles. The number of carbonyl (C=O) groups is 1. The molecule has 4 rings (SSSR count). The fraction of sp³-hybridized carbons (Fsp3) is 0.174. The highest BCUT2D eigenvalue weighted by Crippen LogP contribution is 2.37. The molecule has 0 fully saturated rings. The average molecular weight is 525 g/mol. The standard InChI is InChI=1S/C23H17Cl2F3N4O3/c1-34-13-5-3-12(4-6-13)11-32-20-14(21(33)30-18-15(24)9-29-10-16(18)25)7-8-17(35-2)19(20)31-22(32)23(26,27)28/h3-10H,11H2,1-2H3,(H,29,30,33). The Hall–Kier alpha value is -3.50. The third-order valence-electron chi connectivity index (χ3n) is 5.17. The van der Waals surface area contributed by atoms with Crippen molar-refractivity contribution >= 4 is 45.8 Å². The average Bonchev–Trinajstić information content (AvgIpc) is 3.21. The lowest BCUT2D eigenvalue weighted by atomic mass is 10.1. The Morgan fingerprint density at radius 2 is 1.69 bits per heavy atom. The van der Waals surface area contributed by atoms with Gasteiger partial charge in [0.15, 0.2) is 0 Å². The number of methoxy groups -OCH3 is 2. The van der Waals surface area contributed by atoms with E-state index in [4.69, 9.17) is 32.7 Å². The number of alkyl halides is 3. The van der Waals surface area contributed by atoms with Gasteiger partial charge in [0.2, 0.25) is 5.82 Å². The number of hydrogen-bond donors (Lipinski definition) is 1. The summed E-state index contributed by atoms with van der Waals surface area (Å²) in [7, 11) is 2.79. The molecule has 1 N–H and O–H groups in total. The summed E-state index contributed by atoms with van der Waals surface area (Å²) in [4.78, 5) is 20.9. The summed E-state index contributed by atoms with van der Waals surface area (Å²) in [6.07, 6.45) is -2.24. The summed E-state index contributed by atoms with van der Waals surface area (Å²) in [6, 6.07) is 9.24. The molecule has 0 aliphatic heterocycles. The number of nitrogens with one attached hydrogen (secondary N) is 1. The number of carbonyl (C=O) groups excluding carboxylic acids is 1. The number of pyridine rings is 1. The predicted octanol–water partition coefficient (Wildman–Crippen LogP) is 6.07. The van der Waals surface area contributed by atoms with Crippen molar-refractivity contribution in [1.29, 1.82) is 0 Å². The number of ether oxygens (including phenoxy) is 2. The van der Waals surface area contributed by atoms with Gasteiger partial charge >= 0.3 is 6.18 Å². The van der Waals surface area contributed by atoms with Crippen molar-refractivity contribution < 1.29 is 27.4 Å². The van der Waals surface area contributed by atoms with Crippen LogP contribution in [0.4, 0.5) is 18.9 Å². The van der Waals surface area contributed by atoms with Crippen LogP contribution in [0.3, 0.4) is 0 Å². The van der Waals surface area contributed by atoms with Crippen LogP contribution in [0.1, 0.15) is 21.7 Å². The molecule has 0 radical (unpaired) electrons. The van der Waals surface area contributed by atoms with Gasteiger partial charge < -0.3 is 19.4 Å². The Morgan fingerprint density at radius 3 is 2.26 bits per heavy atom. The fourth-order valence-electron chi connectivity index (χ4n) is 3.56. The highest BCUT2D eigenvalue weighted by atomic mass is 35.5. The molecule has 0 atom stereocenters. The van der Waals surface area contributed by atoms with E-state index >= 15 is 0 Å². The quantitative estimate of drug-likeness (QED) is 0.331. The monoisotopic (exact) mass is 524 g/mol. The molecule has 0 spiro atoms. The molecule has 0 saturated carbocycles. The van der Waals surface area contributed by atoms with Crippen molar-refractivity contribution in [2.75, 3.05) is 19.5 Å². The zero-order valence-electron chi connectivity index (χ0n) is 18.3. The number of benzene rings is 2. The van der Waals surface area contributed by atoms with Crippen molar-refractivity contribution in [2.24, 2.45) is 0 Å². The number of fused-ring (bicyclic) bond motifs is 1. The second-order valence-corrected chi connectivity index (χ2v) is 8.13. The largest absolute Gasteiger partial charge is 0.497 e. The summed E-state index contributed by atoms with van der Waals surface area (Å²) >= 11 is 12.2. The van der Waals surface area contributed by atoms with Gasteiger partial charge in [-0.05, 0) is 29.8 Å². The van der Waals surface area contributed by atoms with Crippen molar-refractivity contribution in [3.8, 4) is 11.5 Å². The smallest absolute Gasteiger partial charge is 0.449 e. The first-order chi connectivity index (χ1) is 16.6. The summed E-state index contributed by atoms with van der Waals surface area (Å²) in [5, 5.41) is 2.69. The minimum Gasteiger partial charge on any atom is -0.497 e. The van der Waals surface area contributed by atoms with Crippen molar-refractivity contribution in [1.82, 2.24) is 14.5 Å². The minimum absolute atomic E-state index is 0.0636. The van der Waals surface area contributed by atoms with Crippen LogP contribution in [0.2, 0.25) is 10.0 Å². The molecule has 2 aromatic heterocycles. The van der Waals surface area contributed by atoms with E-state index in [1.165, 1.54) is 38.7 Å². The van der Waals surface area contributed by atoms with Gasteiger partial charge in [0.1, 0.15) is 17.0 Å². The lowest BCUT2D eigenvalue weighted by Crippen LogP contribution is -2.18. The van der Waals surface area contributed by atoms with E-state index in [1.807, 2.05) is 0 Å². The third kappa shape index (κ3) is 4.85. The molecule has 35 heavy (non-hydrogen) atoms. The SMILES string of the molecule is COc1ccc(Cn2c(C(F)(F)F)nc3c(OC)ccc(C(=O)Nc4c(Cl)cncc4Cl)c32)cc1. The maximum atomic E-state index is 14.0. The van der Waals surface area contributed by atoms with Gasteiger partial charge in [-0.25, -0.2) is 4.98 Å². The Balaban J connectivity index is 1.91. The highest BCUT2D eigenvalue weighted by molar-refractivity contribution is 6.39. The summed E-state index contributed by atoms with van der Waals surface area (Å²) in [5.74, 6) is -1.29. The van der Waals surface area contributed by atoms with Crippen LogP contribution in [-0.2, 0) is 12.7 Å². The minimum atomic E-state index is -4.80. The van der Waals surface area contributed by atoms with E-state index in [1.54, 1.807) is 24.3 Å². The molecule has 12 heteroatoms. The molecule has 7 nitrogen and oxygen atoms in total. The van der Waals surface area contributed by atoms with Gasteiger partial charge in [-0.1, -0.05) is 35.3 Å². The third-order valence-corrected chi connectivity index (χ3v) is 5.74. The zero-order chi connectivity index (χ0) is 25.3.